The molecule has 0 bridgehead atoms. The Kier molecular flexibility index (Phi) is 4.97. The van der Waals surface area contributed by atoms with Crippen molar-refractivity contribution in [3.63, 3.8) is 0 Å². The molecule has 20 heavy (non-hydrogen) atoms. The van der Waals surface area contributed by atoms with Crippen molar-refractivity contribution in [2.75, 3.05) is 11.6 Å². The molecule has 0 saturated carbocycles. The minimum atomic E-state index is -0.267. The van der Waals surface area contributed by atoms with Crippen LogP contribution in [-0.2, 0) is 0 Å². The van der Waals surface area contributed by atoms with Gasteiger partial charge in [-0.25, -0.2) is 0 Å². The highest BCUT2D eigenvalue weighted by Gasteiger charge is 2.13. The number of amides is 1. The van der Waals surface area contributed by atoms with Gasteiger partial charge < -0.3 is 5.32 Å². The number of hydrogen-bond donors (Lipinski definition) is 1. The Morgan fingerprint density at radius 2 is 1.85 bits per heavy atom. The molecular formula is C15H13Cl2NOS. The second-order valence-electron chi connectivity index (χ2n) is 4.28. The van der Waals surface area contributed by atoms with Crippen molar-refractivity contribution < 1.29 is 4.79 Å². The number of carbonyl (C=O) groups excluding carboxylic acids is 1. The van der Waals surface area contributed by atoms with Gasteiger partial charge >= 0.3 is 0 Å². The van der Waals surface area contributed by atoms with Gasteiger partial charge in [-0.2, -0.15) is 0 Å². The number of rotatable bonds is 3. The third kappa shape index (κ3) is 3.48. The van der Waals surface area contributed by atoms with Crippen molar-refractivity contribution in [2.24, 2.45) is 0 Å². The SMILES string of the molecule is CSc1ccc(Cl)c(C(=O)Nc2ccc(C)cc2Cl)c1. The summed E-state index contributed by atoms with van der Waals surface area (Å²) >= 11 is 13.7. The van der Waals surface area contributed by atoms with Crippen LogP contribution in [0.4, 0.5) is 5.69 Å². The number of anilines is 1. The van der Waals surface area contributed by atoms with E-state index in [1.165, 1.54) is 0 Å². The minimum Gasteiger partial charge on any atom is -0.321 e. The molecule has 5 heteroatoms. The molecule has 0 unspecified atom stereocenters. The molecule has 0 aliphatic rings. The average Bonchev–Trinajstić information content (AvgIpc) is 2.42. The van der Waals surface area contributed by atoms with Crippen molar-refractivity contribution in [1.29, 1.82) is 0 Å². The average molecular weight is 326 g/mol. The van der Waals surface area contributed by atoms with Gasteiger partial charge in [0.1, 0.15) is 0 Å². The van der Waals surface area contributed by atoms with Crippen molar-refractivity contribution in [3.05, 3.63) is 57.6 Å². The lowest BCUT2D eigenvalue weighted by molar-refractivity contribution is 0.102. The molecule has 0 fully saturated rings. The van der Waals surface area contributed by atoms with E-state index >= 15 is 0 Å². The summed E-state index contributed by atoms with van der Waals surface area (Å²) in [6.07, 6.45) is 1.95. The molecule has 2 aromatic carbocycles. The third-order valence-corrected chi connectivity index (χ3v) is 4.16. The Hall–Kier alpha value is -1.16. The van der Waals surface area contributed by atoms with E-state index in [-0.39, 0.29) is 5.91 Å². The summed E-state index contributed by atoms with van der Waals surface area (Å²) in [5.74, 6) is -0.267. The quantitative estimate of drug-likeness (QED) is 0.778. The lowest BCUT2D eigenvalue weighted by atomic mass is 10.2. The molecule has 0 heterocycles. The molecule has 0 radical (unpaired) electrons. The number of aryl methyl sites for hydroxylation is 1. The highest BCUT2D eigenvalue weighted by molar-refractivity contribution is 7.98. The molecule has 0 aromatic heterocycles. The number of nitrogens with one attached hydrogen (secondary N) is 1. The van der Waals surface area contributed by atoms with Crippen LogP contribution in [-0.4, -0.2) is 12.2 Å². The fraction of sp³-hybridized carbons (Fsp3) is 0.133. The van der Waals surface area contributed by atoms with Gasteiger partial charge in [0.05, 0.1) is 21.3 Å². The number of benzene rings is 2. The van der Waals surface area contributed by atoms with Crippen LogP contribution in [0.2, 0.25) is 10.0 Å². The highest BCUT2D eigenvalue weighted by Crippen LogP contribution is 2.26. The Labute approximate surface area is 132 Å². The Bertz CT molecular complexity index is 658. The summed E-state index contributed by atoms with van der Waals surface area (Å²) < 4.78 is 0. The minimum absolute atomic E-state index is 0.267. The summed E-state index contributed by atoms with van der Waals surface area (Å²) in [5.41, 5.74) is 2.05. The van der Waals surface area contributed by atoms with E-state index in [0.29, 0.717) is 21.3 Å². The van der Waals surface area contributed by atoms with E-state index in [4.69, 9.17) is 23.2 Å². The first-order valence-electron chi connectivity index (χ1n) is 5.92. The largest absolute Gasteiger partial charge is 0.321 e. The third-order valence-electron chi connectivity index (χ3n) is 2.79. The highest BCUT2D eigenvalue weighted by atomic mass is 35.5. The maximum Gasteiger partial charge on any atom is 0.257 e. The molecule has 2 aromatic rings. The van der Waals surface area contributed by atoms with Crippen LogP contribution in [0.3, 0.4) is 0 Å². The van der Waals surface area contributed by atoms with E-state index in [1.54, 1.807) is 36.0 Å². The molecule has 0 spiro atoms. The van der Waals surface area contributed by atoms with Crippen molar-refractivity contribution >= 4 is 46.6 Å². The Balaban J connectivity index is 2.28. The lowest BCUT2D eigenvalue weighted by Crippen LogP contribution is -2.13. The maximum atomic E-state index is 12.3. The molecular weight excluding hydrogens is 313 g/mol. The van der Waals surface area contributed by atoms with Crippen LogP contribution in [0.5, 0.6) is 0 Å². The van der Waals surface area contributed by atoms with Crippen LogP contribution in [0.1, 0.15) is 15.9 Å². The smallest absolute Gasteiger partial charge is 0.257 e. The Morgan fingerprint density at radius 1 is 1.10 bits per heavy atom. The fourth-order valence-corrected chi connectivity index (χ4v) is 2.64. The second kappa shape index (κ2) is 6.53. The van der Waals surface area contributed by atoms with Crippen LogP contribution in [0, 0.1) is 6.92 Å². The van der Waals surface area contributed by atoms with Crippen LogP contribution < -0.4 is 5.32 Å². The number of thioether (sulfide) groups is 1. The predicted molar refractivity (Wildman–Crippen MR) is 87.4 cm³/mol. The summed E-state index contributed by atoms with van der Waals surface area (Å²) in [6, 6.07) is 10.8. The number of halogens is 2. The molecule has 0 saturated heterocycles. The summed E-state index contributed by atoms with van der Waals surface area (Å²) in [7, 11) is 0. The topological polar surface area (TPSA) is 29.1 Å². The second-order valence-corrected chi connectivity index (χ2v) is 5.98. The maximum absolute atomic E-state index is 12.3. The van der Waals surface area contributed by atoms with E-state index in [2.05, 4.69) is 5.32 Å². The lowest BCUT2D eigenvalue weighted by Gasteiger charge is -2.10. The number of carbonyl (C=O) groups is 1. The van der Waals surface area contributed by atoms with Crippen molar-refractivity contribution in [2.45, 2.75) is 11.8 Å². The molecule has 1 N–H and O–H groups in total. The van der Waals surface area contributed by atoms with Gasteiger partial charge in [-0.15, -0.1) is 11.8 Å². The van der Waals surface area contributed by atoms with Gasteiger partial charge in [-0.05, 0) is 49.1 Å². The van der Waals surface area contributed by atoms with Crippen molar-refractivity contribution in [3.8, 4) is 0 Å². The predicted octanol–water partition coefficient (Wildman–Crippen LogP) is 5.28. The molecule has 2 rings (SSSR count). The van der Waals surface area contributed by atoms with Gasteiger partial charge in [-0.3, -0.25) is 4.79 Å². The molecule has 104 valence electrons. The van der Waals surface area contributed by atoms with Crippen LogP contribution >= 0.6 is 35.0 Å². The zero-order valence-electron chi connectivity index (χ0n) is 11.0. The summed E-state index contributed by atoms with van der Waals surface area (Å²) in [4.78, 5) is 13.3. The van der Waals surface area contributed by atoms with E-state index in [1.807, 2.05) is 25.3 Å². The van der Waals surface area contributed by atoms with E-state index in [0.717, 1.165) is 10.5 Å². The first-order chi connectivity index (χ1) is 9.51. The van der Waals surface area contributed by atoms with Crippen LogP contribution in [0.15, 0.2) is 41.3 Å². The number of hydrogen-bond acceptors (Lipinski definition) is 2. The zero-order valence-corrected chi connectivity index (χ0v) is 13.4. The molecule has 2 nitrogen and oxygen atoms in total. The van der Waals surface area contributed by atoms with Gasteiger partial charge in [0.25, 0.3) is 5.91 Å². The Morgan fingerprint density at radius 3 is 2.50 bits per heavy atom. The van der Waals surface area contributed by atoms with Crippen molar-refractivity contribution in [1.82, 2.24) is 0 Å². The van der Waals surface area contributed by atoms with E-state index < -0.39 is 0 Å². The normalized spacial score (nSPS) is 10.4. The zero-order chi connectivity index (χ0) is 14.7. The monoisotopic (exact) mass is 325 g/mol. The molecule has 0 atom stereocenters. The fourth-order valence-electron chi connectivity index (χ4n) is 1.72. The summed E-state index contributed by atoms with van der Waals surface area (Å²) in [6.45, 7) is 1.94. The first kappa shape index (κ1) is 15.2. The van der Waals surface area contributed by atoms with Crippen LogP contribution in [0.25, 0.3) is 0 Å². The van der Waals surface area contributed by atoms with Gasteiger partial charge in [-0.1, -0.05) is 29.3 Å². The van der Waals surface area contributed by atoms with Gasteiger partial charge in [0.15, 0.2) is 0 Å². The molecule has 0 aliphatic heterocycles. The summed E-state index contributed by atoms with van der Waals surface area (Å²) in [5, 5.41) is 3.71. The first-order valence-corrected chi connectivity index (χ1v) is 7.90. The van der Waals surface area contributed by atoms with E-state index in [9.17, 15) is 4.79 Å². The molecule has 0 aliphatic carbocycles. The van der Waals surface area contributed by atoms with Gasteiger partial charge in [0, 0.05) is 4.90 Å². The van der Waals surface area contributed by atoms with Gasteiger partial charge in [0.2, 0.25) is 0 Å². The molecule has 1 amide bonds. The standard InChI is InChI=1S/C15H13Cl2NOS/c1-9-3-6-14(13(17)7-9)18-15(19)11-8-10(20-2)4-5-12(11)16/h3-8H,1-2H3,(H,18,19).